The normalized spacial score (nSPS) is 9.96. The zero-order chi connectivity index (χ0) is 19.3. The van der Waals surface area contributed by atoms with Crippen molar-refractivity contribution in [2.75, 3.05) is 19.5 Å². The fourth-order valence-electron chi connectivity index (χ4n) is 2.08. The van der Waals surface area contributed by atoms with E-state index in [0.717, 1.165) is 0 Å². The Balaban J connectivity index is 2.18. The minimum Gasteiger partial charge on any atom is -0.496 e. The van der Waals surface area contributed by atoms with E-state index in [2.05, 4.69) is 26.6 Å². The van der Waals surface area contributed by atoms with Gasteiger partial charge in [0.15, 0.2) is 5.11 Å². The second-order valence-electron chi connectivity index (χ2n) is 4.89. The number of ether oxygens (including phenoxy) is 2. The van der Waals surface area contributed by atoms with E-state index in [-0.39, 0.29) is 22.1 Å². The number of anilines is 1. The van der Waals surface area contributed by atoms with Crippen LogP contribution in [0.4, 0.5) is 11.4 Å². The van der Waals surface area contributed by atoms with Crippen LogP contribution in [0.5, 0.6) is 11.5 Å². The first kappa shape index (κ1) is 19.6. The molecular formula is C16H14BrN3O5S. The largest absolute Gasteiger partial charge is 0.496 e. The number of nitrogens with one attached hydrogen (secondary N) is 2. The maximum atomic E-state index is 12.4. The number of nitro groups is 1. The Morgan fingerprint density at radius 2 is 1.92 bits per heavy atom. The number of benzene rings is 2. The van der Waals surface area contributed by atoms with Crippen molar-refractivity contribution in [3.63, 3.8) is 0 Å². The molecule has 2 rings (SSSR count). The third kappa shape index (κ3) is 4.67. The highest BCUT2D eigenvalue weighted by atomic mass is 79.9. The van der Waals surface area contributed by atoms with E-state index >= 15 is 0 Å². The maximum Gasteiger partial charge on any atom is 0.296 e. The lowest BCUT2D eigenvalue weighted by atomic mass is 10.2. The van der Waals surface area contributed by atoms with Crippen molar-refractivity contribution in [2.45, 2.75) is 0 Å². The van der Waals surface area contributed by atoms with Gasteiger partial charge in [0, 0.05) is 4.47 Å². The third-order valence-corrected chi connectivity index (χ3v) is 3.98. The van der Waals surface area contributed by atoms with Gasteiger partial charge < -0.3 is 14.8 Å². The van der Waals surface area contributed by atoms with E-state index in [0.29, 0.717) is 16.0 Å². The van der Waals surface area contributed by atoms with Crippen LogP contribution in [0.1, 0.15) is 10.4 Å². The van der Waals surface area contributed by atoms with Crippen molar-refractivity contribution in [2.24, 2.45) is 0 Å². The van der Waals surface area contributed by atoms with E-state index in [1.807, 2.05) is 0 Å². The predicted molar refractivity (Wildman–Crippen MR) is 104 cm³/mol. The molecule has 136 valence electrons. The van der Waals surface area contributed by atoms with Crippen LogP contribution in [0.25, 0.3) is 0 Å². The van der Waals surface area contributed by atoms with E-state index < -0.39 is 10.8 Å². The Morgan fingerprint density at radius 3 is 2.54 bits per heavy atom. The number of hydrogen-bond acceptors (Lipinski definition) is 6. The lowest BCUT2D eigenvalue weighted by molar-refractivity contribution is -0.384. The summed E-state index contributed by atoms with van der Waals surface area (Å²) in [5.41, 5.74) is 0.151. The average Bonchev–Trinajstić information content (AvgIpc) is 2.61. The number of hydrogen-bond donors (Lipinski definition) is 2. The van der Waals surface area contributed by atoms with Gasteiger partial charge >= 0.3 is 0 Å². The summed E-state index contributed by atoms with van der Waals surface area (Å²) in [6.45, 7) is 0. The summed E-state index contributed by atoms with van der Waals surface area (Å²) in [6.07, 6.45) is 0. The van der Waals surface area contributed by atoms with Crippen LogP contribution in [0.15, 0.2) is 40.9 Å². The molecule has 2 N–H and O–H groups in total. The van der Waals surface area contributed by atoms with Crippen molar-refractivity contribution >= 4 is 50.5 Å². The molecule has 0 bridgehead atoms. The number of rotatable bonds is 5. The molecule has 0 atom stereocenters. The monoisotopic (exact) mass is 439 g/mol. The zero-order valence-electron chi connectivity index (χ0n) is 13.7. The first-order valence-electron chi connectivity index (χ1n) is 7.14. The van der Waals surface area contributed by atoms with E-state index in [9.17, 15) is 14.9 Å². The number of nitro benzene ring substituents is 1. The zero-order valence-corrected chi connectivity index (χ0v) is 16.1. The van der Waals surface area contributed by atoms with E-state index in [1.54, 1.807) is 18.2 Å². The molecule has 2 aromatic carbocycles. The molecule has 8 nitrogen and oxygen atoms in total. The number of nitrogens with zero attached hydrogens (tertiary/aromatic N) is 1. The van der Waals surface area contributed by atoms with Gasteiger partial charge in [-0.3, -0.25) is 20.2 Å². The molecule has 0 radical (unpaired) electrons. The highest BCUT2D eigenvalue weighted by molar-refractivity contribution is 9.10. The lowest BCUT2D eigenvalue weighted by Gasteiger charge is -2.12. The van der Waals surface area contributed by atoms with Crippen molar-refractivity contribution in [1.82, 2.24) is 5.32 Å². The van der Waals surface area contributed by atoms with Gasteiger partial charge in [-0.05, 0) is 42.5 Å². The highest BCUT2D eigenvalue weighted by Crippen LogP contribution is 2.29. The molecular weight excluding hydrogens is 426 g/mol. The molecule has 0 spiro atoms. The van der Waals surface area contributed by atoms with Gasteiger partial charge in [-0.2, -0.15) is 0 Å². The number of amides is 1. The molecule has 1 amide bonds. The Morgan fingerprint density at radius 1 is 1.19 bits per heavy atom. The number of thiocarbonyl (C=S) groups is 1. The minimum absolute atomic E-state index is 0.0923. The fourth-order valence-corrected chi connectivity index (χ4v) is 2.64. The summed E-state index contributed by atoms with van der Waals surface area (Å²) in [5.74, 6) is 0.178. The van der Waals surface area contributed by atoms with Gasteiger partial charge in [0.25, 0.3) is 11.6 Å². The van der Waals surface area contributed by atoms with Crippen LogP contribution in [-0.4, -0.2) is 30.2 Å². The number of carbonyl (C=O) groups excluding carboxylic acids is 1. The topological polar surface area (TPSA) is 103 Å². The molecule has 0 saturated heterocycles. The minimum atomic E-state index is -0.577. The van der Waals surface area contributed by atoms with Crippen LogP contribution < -0.4 is 20.1 Å². The Bertz CT molecular complexity index is 875. The molecule has 2 aromatic rings. The lowest BCUT2D eigenvalue weighted by Crippen LogP contribution is -2.34. The smallest absolute Gasteiger partial charge is 0.296 e. The fraction of sp³-hybridized carbons (Fsp3) is 0.125. The van der Waals surface area contributed by atoms with E-state index in [1.165, 1.54) is 32.4 Å². The second kappa shape index (κ2) is 8.59. The SMILES string of the molecule is COc1ccc(NC(=S)NC(=O)c2cc(Br)ccc2OC)c([N+](=O)[O-])c1. The summed E-state index contributed by atoms with van der Waals surface area (Å²) in [5, 5.41) is 16.2. The van der Waals surface area contributed by atoms with Crippen molar-refractivity contribution in [3.8, 4) is 11.5 Å². The maximum absolute atomic E-state index is 12.4. The van der Waals surface area contributed by atoms with Gasteiger partial charge in [0.05, 0.1) is 30.8 Å². The van der Waals surface area contributed by atoms with Gasteiger partial charge in [0.2, 0.25) is 0 Å². The van der Waals surface area contributed by atoms with Gasteiger partial charge in [-0.25, -0.2) is 0 Å². The van der Waals surface area contributed by atoms with Crippen LogP contribution in [0.3, 0.4) is 0 Å². The third-order valence-electron chi connectivity index (χ3n) is 3.28. The first-order chi connectivity index (χ1) is 12.3. The van der Waals surface area contributed by atoms with Crippen molar-refractivity contribution < 1.29 is 19.2 Å². The van der Waals surface area contributed by atoms with Crippen LogP contribution in [0, 0.1) is 10.1 Å². The summed E-state index contributed by atoms with van der Waals surface area (Å²) in [7, 11) is 2.85. The average molecular weight is 440 g/mol. The first-order valence-corrected chi connectivity index (χ1v) is 8.34. The molecule has 0 aliphatic carbocycles. The van der Waals surface area contributed by atoms with Crippen molar-refractivity contribution in [3.05, 3.63) is 56.5 Å². The van der Waals surface area contributed by atoms with Crippen molar-refractivity contribution in [1.29, 1.82) is 0 Å². The summed E-state index contributed by atoms with van der Waals surface area (Å²) in [4.78, 5) is 23.0. The standard InChI is InChI=1S/C16H14BrN3O5S/c1-24-10-4-5-12(13(8-10)20(22)23)18-16(26)19-15(21)11-7-9(17)3-6-14(11)25-2/h3-8H,1-2H3,(H2,18,19,21,26). The Kier molecular flexibility index (Phi) is 6.47. The van der Waals surface area contributed by atoms with Crippen LogP contribution >= 0.6 is 28.1 Å². The Hall–Kier alpha value is -2.72. The molecule has 0 heterocycles. The number of carbonyl (C=O) groups is 1. The summed E-state index contributed by atoms with van der Waals surface area (Å²) in [6, 6.07) is 9.17. The molecule has 0 saturated carbocycles. The molecule has 0 fully saturated rings. The molecule has 26 heavy (non-hydrogen) atoms. The quantitative estimate of drug-likeness (QED) is 0.417. The second-order valence-corrected chi connectivity index (χ2v) is 6.22. The van der Waals surface area contributed by atoms with Gasteiger partial charge in [-0.15, -0.1) is 0 Å². The van der Waals surface area contributed by atoms with E-state index in [4.69, 9.17) is 21.7 Å². The molecule has 0 unspecified atom stereocenters. The van der Waals surface area contributed by atoms with Crippen LogP contribution in [-0.2, 0) is 0 Å². The Labute approximate surface area is 162 Å². The number of halogens is 1. The highest BCUT2D eigenvalue weighted by Gasteiger charge is 2.18. The summed E-state index contributed by atoms with van der Waals surface area (Å²) >= 11 is 8.36. The predicted octanol–water partition coefficient (Wildman–Crippen LogP) is 3.50. The molecule has 10 heteroatoms. The van der Waals surface area contributed by atoms with Gasteiger partial charge in [-0.1, -0.05) is 15.9 Å². The summed E-state index contributed by atoms with van der Waals surface area (Å²) < 4.78 is 10.8. The molecule has 0 aliphatic rings. The van der Waals surface area contributed by atoms with Crippen LogP contribution in [0.2, 0.25) is 0 Å². The molecule has 0 aliphatic heterocycles. The number of methoxy groups -OCH3 is 2. The molecule has 0 aromatic heterocycles. The van der Waals surface area contributed by atoms with Gasteiger partial charge in [0.1, 0.15) is 17.2 Å².